The minimum Gasteiger partial charge on any atom is -0.448 e. The average Bonchev–Trinajstić information content (AvgIpc) is 2.89. The van der Waals surface area contributed by atoms with Crippen molar-refractivity contribution in [1.82, 2.24) is 10.3 Å². The molecule has 17 heavy (non-hydrogen) atoms. The second-order valence-electron chi connectivity index (χ2n) is 5.62. The molecule has 0 saturated heterocycles. The smallest absolute Gasteiger partial charge is 0.181 e. The summed E-state index contributed by atoms with van der Waals surface area (Å²) in [5, 5.41) is 3.54. The van der Waals surface area contributed by atoms with Crippen molar-refractivity contribution < 1.29 is 4.42 Å². The molecular weight excluding hydrogens is 212 g/mol. The second-order valence-corrected chi connectivity index (χ2v) is 5.62. The number of hydrogen-bond acceptors (Lipinski definition) is 3. The quantitative estimate of drug-likeness (QED) is 0.850. The van der Waals surface area contributed by atoms with Crippen LogP contribution in [0.2, 0.25) is 0 Å². The van der Waals surface area contributed by atoms with E-state index in [2.05, 4.69) is 17.2 Å². The standard InChI is InChI=1S/C14H22N2O/c1-2-14(7-3-4-8-14)13-12(16-10-17-13)9-15-11-5-6-11/h10-11,15H,2-9H2,1H3. The van der Waals surface area contributed by atoms with E-state index in [-0.39, 0.29) is 5.41 Å². The van der Waals surface area contributed by atoms with Gasteiger partial charge in [0.2, 0.25) is 0 Å². The second kappa shape index (κ2) is 4.45. The number of nitrogens with zero attached hydrogens (tertiary/aromatic N) is 1. The van der Waals surface area contributed by atoms with Gasteiger partial charge in [-0.25, -0.2) is 4.98 Å². The molecule has 1 aromatic heterocycles. The zero-order valence-corrected chi connectivity index (χ0v) is 10.7. The van der Waals surface area contributed by atoms with E-state index in [0.717, 1.165) is 18.3 Å². The van der Waals surface area contributed by atoms with E-state index in [1.807, 2.05) is 0 Å². The highest BCUT2D eigenvalue weighted by Gasteiger charge is 2.39. The SMILES string of the molecule is CCC1(c2ocnc2CNC2CC2)CCCC1. The minimum atomic E-state index is 0.289. The van der Waals surface area contributed by atoms with Gasteiger partial charge in [0, 0.05) is 18.0 Å². The van der Waals surface area contributed by atoms with Gasteiger partial charge in [0.05, 0.1) is 5.69 Å². The Morgan fingerprint density at radius 1 is 1.41 bits per heavy atom. The lowest BCUT2D eigenvalue weighted by Crippen LogP contribution is -2.24. The van der Waals surface area contributed by atoms with Crippen LogP contribution in [-0.2, 0) is 12.0 Å². The van der Waals surface area contributed by atoms with E-state index in [0.29, 0.717) is 0 Å². The summed E-state index contributed by atoms with van der Waals surface area (Å²) in [7, 11) is 0. The average molecular weight is 234 g/mol. The van der Waals surface area contributed by atoms with E-state index < -0.39 is 0 Å². The van der Waals surface area contributed by atoms with Crippen molar-refractivity contribution >= 4 is 0 Å². The maximum Gasteiger partial charge on any atom is 0.181 e. The molecule has 1 heterocycles. The third kappa shape index (κ3) is 2.13. The first-order chi connectivity index (χ1) is 8.34. The predicted octanol–water partition coefficient (Wildman–Crippen LogP) is 3.15. The molecule has 0 unspecified atom stereocenters. The van der Waals surface area contributed by atoms with Crippen molar-refractivity contribution in [2.45, 2.75) is 69.9 Å². The largest absolute Gasteiger partial charge is 0.448 e. The van der Waals surface area contributed by atoms with E-state index in [1.165, 1.54) is 50.7 Å². The monoisotopic (exact) mass is 234 g/mol. The molecule has 0 spiro atoms. The number of aromatic nitrogens is 1. The highest BCUT2D eigenvalue weighted by Crippen LogP contribution is 2.44. The molecule has 3 rings (SSSR count). The Bertz CT molecular complexity index is 375. The fourth-order valence-electron chi connectivity index (χ4n) is 3.15. The van der Waals surface area contributed by atoms with Crippen molar-refractivity contribution in [2.75, 3.05) is 0 Å². The van der Waals surface area contributed by atoms with Crippen molar-refractivity contribution in [3.8, 4) is 0 Å². The summed E-state index contributed by atoms with van der Waals surface area (Å²) < 4.78 is 5.74. The molecular formula is C14H22N2O. The topological polar surface area (TPSA) is 38.1 Å². The number of oxazole rings is 1. The molecule has 0 radical (unpaired) electrons. The lowest BCUT2D eigenvalue weighted by molar-refractivity contribution is 0.324. The Morgan fingerprint density at radius 2 is 2.18 bits per heavy atom. The first kappa shape index (κ1) is 11.3. The summed E-state index contributed by atoms with van der Waals surface area (Å²) in [6.07, 6.45) is 10.7. The zero-order chi connectivity index (χ0) is 11.7. The van der Waals surface area contributed by atoms with Crippen LogP contribution in [-0.4, -0.2) is 11.0 Å². The van der Waals surface area contributed by atoms with Crippen LogP contribution in [0.4, 0.5) is 0 Å². The Morgan fingerprint density at radius 3 is 2.82 bits per heavy atom. The fourth-order valence-corrected chi connectivity index (χ4v) is 3.15. The van der Waals surface area contributed by atoms with Crippen LogP contribution < -0.4 is 5.32 Å². The molecule has 0 atom stereocenters. The summed E-state index contributed by atoms with van der Waals surface area (Å²) in [5.74, 6) is 1.17. The maximum atomic E-state index is 5.74. The molecule has 1 aromatic rings. The number of rotatable bonds is 5. The lowest BCUT2D eigenvalue weighted by Gasteiger charge is -2.25. The highest BCUT2D eigenvalue weighted by atomic mass is 16.3. The van der Waals surface area contributed by atoms with Gasteiger partial charge in [0.25, 0.3) is 0 Å². The van der Waals surface area contributed by atoms with Gasteiger partial charge in [-0.3, -0.25) is 0 Å². The number of nitrogens with one attached hydrogen (secondary N) is 1. The molecule has 3 heteroatoms. The molecule has 0 bridgehead atoms. The zero-order valence-electron chi connectivity index (χ0n) is 10.7. The molecule has 3 nitrogen and oxygen atoms in total. The van der Waals surface area contributed by atoms with Crippen molar-refractivity contribution in [3.63, 3.8) is 0 Å². The van der Waals surface area contributed by atoms with E-state index in [9.17, 15) is 0 Å². The Kier molecular flexibility index (Phi) is 2.95. The van der Waals surface area contributed by atoms with Gasteiger partial charge in [-0.15, -0.1) is 0 Å². The Labute approximate surface area is 103 Å². The van der Waals surface area contributed by atoms with E-state index in [4.69, 9.17) is 4.42 Å². The normalized spacial score (nSPS) is 23.1. The lowest BCUT2D eigenvalue weighted by atomic mass is 9.80. The van der Waals surface area contributed by atoms with Crippen LogP contribution in [0.15, 0.2) is 10.8 Å². The van der Waals surface area contributed by atoms with Crippen molar-refractivity contribution in [1.29, 1.82) is 0 Å². The summed E-state index contributed by atoms with van der Waals surface area (Å²) in [6.45, 7) is 3.17. The molecule has 2 aliphatic carbocycles. The van der Waals surface area contributed by atoms with Crippen LogP contribution in [0, 0.1) is 0 Å². The first-order valence-electron chi connectivity index (χ1n) is 7.00. The number of hydrogen-bond donors (Lipinski definition) is 1. The predicted molar refractivity (Wildman–Crippen MR) is 66.8 cm³/mol. The molecule has 2 fully saturated rings. The maximum absolute atomic E-state index is 5.74. The van der Waals surface area contributed by atoms with Gasteiger partial charge in [-0.2, -0.15) is 0 Å². The molecule has 0 aliphatic heterocycles. The van der Waals surface area contributed by atoms with Gasteiger partial charge in [-0.1, -0.05) is 19.8 Å². The summed E-state index contributed by atoms with van der Waals surface area (Å²) in [6, 6.07) is 0.737. The van der Waals surface area contributed by atoms with E-state index >= 15 is 0 Å². The van der Waals surface area contributed by atoms with Crippen LogP contribution >= 0.6 is 0 Å². The van der Waals surface area contributed by atoms with Crippen LogP contribution in [0.25, 0.3) is 0 Å². The van der Waals surface area contributed by atoms with Gasteiger partial charge in [-0.05, 0) is 32.1 Å². The molecule has 2 aliphatic rings. The van der Waals surface area contributed by atoms with Gasteiger partial charge >= 0.3 is 0 Å². The van der Waals surface area contributed by atoms with Crippen LogP contribution in [0.5, 0.6) is 0 Å². The van der Waals surface area contributed by atoms with E-state index in [1.54, 1.807) is 6.39 Å². The molecule has 94 valence electrons. The fraction of sp³-hybridized carbons (Fsp3) is 0.786. The molecule has 1 N–H and O–H groups in total. The van der Waals surface area contributed by atoms with Crippen LogP contribution in [0.3, 0.4) is 0 Å². The minimum absolute atomic E-state index is 0.289. The summed E-state index contributed by atoms with van der Waals surface area (Å²) in [5.41, 5.74) is 1.44. The summed E-state index contributed by atoms with van der Waals surface area (Å²) >= 11 is 0. The van der Waals surface area contributed by atoms with Crippen molar-refractivity contribution in [3.05, 3.63) is 17.8 Å². The summed E-state index contributed by atoms with van der Waals surface area (Å²) in [4.78, 5) is 4.42. The van der Waals surface area contributed by atoms with Crippen molar-refractivity contribution in [2.24, 2.45) is 0 Å². The third-order valence-electron chi connectivity index (χ3n) is 4.50. The molecule has 0 amide bonds. The van der Waals surface area contributed by atoms with Crippen LogP contribution in [0.1, 0.15) is 63.3 Å². The van der Waals surface area contributed by atoms with Gasteiger partial charge in [0.15, 0.2) is 6.39 Å². The first-order valence-corrected chi connectivity index (χ1v) is 7.00. The van der Waals surface area contributed by atoms with Gasteiger partial charge in [0.1, 0.15) is 5.76 Å². The molecule has 0 aromatic carbocycles. The highest BCUT2D eigenvalue weighted by molar-refractivity contribution is 5.21. The Balaban J connectivity index is 1.78. The third-order valence-corrected chi connectivity index (χ3v) is 4.50. The van der Waals surface area contributed by atoms with Gasteiger partial charge < -0.3 is 9.73 Å². The molecule has 2 saturated carbocycles. The Hall–Kier alpha value is -0.830.